The molecule has 1 fully saturated rings. The molecule has 0 aliphatic carbocycles. The molecule has 1 aliphatic heterocycles. The number of amides is 2. The number of carbonyl (C=O) groups excluding carboxylic acids is 1. The lowest BCUT2D eigenvalue weighted by atomic mass is 10.1. The monoisotopic (exact) mass is 344 g/mol. The lowest BCUT2D eigenvalue weighted by molar-refractivity contribution is 0.184. The van der Waals surface area contributed by atoms with Gasteiger partial charge in [0.1, 0.15) is 0 Å². The number of nitrogens with one attached hydrogen (secondary N) is 1. The second-order valence-electron chi connectivity index (χ2n) is 5.45. The van der Waals surface area contributed by atoms with Gasteiger partial charge in [0.2, 0.25) is 0 Å². The van der Waals surface area contributed by atoms with E-state index in [1.807, 2.05) is 31.2 Å². The summed E-state index contributed by atoms with van der Waals surface area (Å²) in [5, 5.41) is 3.55. The van der Waals surface area contributed by atoms with E-state index in [-0.39, 0.29) is 23.6 Å². The van der Waals surface area contributed by atoms with Crippen molar-refractivity contribution in [2.24, 2.45) is 0 Å². The normalized spacial score (nSPS) is 19.8. The first-order valence-corrected chi connectivity index (χ1v) is 9.60. The number of urea groups is 1. The quantitative estimate of drug-likeness (QED) is 0.889. The maximum atomic E-state index is 12.2. The molecule has 0 aromatic heterocycles. The molecular formula is C15H21ClN2O3S. The molecule has 0 saturated carbocycles. The number of nitrogens with zero attached hydrogens (tertiary/aromatic N) is 1. The van der Waals surface area contributed by atoms with Crippen molar-refractivity contribution < 1.29 is 13.2 Å². The highest BCUT2D eigenvalue weighted by Gasteiger charge is 2.33. The topological polar surface area (TPSA) is 66.5 Å². The second kappa shape index (κ2) is 7.33. The molecule has 1 aromatic carbocycles. The van der Waals surface area contributed by atoms with Crippen molar-refractivity contribution in [3.05, 3.63) is 34.9 Å². The molecule has 2 rings (SSSR count). The predicted octanol–water partition coefficient (Wildman–Crippen LogP) is 2.10. The summed E-state index contributed by atoms with van der Waals surface area (Å²) < 4.78 is 23.1. The smallest absolute Gasteiger partial charge is 0.317 e. The Bertz CT molecular complexity index is 616. The fraction of sp³-hybridized carbons (Fsp3) is 0.533. The summed E-state index contributed by atoms with van der Waals surface area (Å²) in [6.07, 6.45) is 1.24. The molecule has 2 amide bonds. The summed E-state index contributed by atoms with van der Waals surface area (Å²) >= 11 is 5.83. The minimum atomic E-state index is -2.99. The summed E-state index contributed by atoms with van der Waals surface area (Å²) in [6.45, 7) is 2.88. The van der Waals surface area contributed by atoms with Gasteiger partial charge in [0.05, 0.1) is 11.5 Å². The van der Waals surface area contributed by atoms with E-state index in [1.54, 1.807) is 4.90 Å². The van der Waals surface area contributed by atoms with E-state index >= 15 is 0 Å². The van der Waals surface area contributed by atoms with Gasteiger partial charge in [-0.05, 0) is 37.5 Å². The van der Waals surface area contributed by atoms with E-state index in [9.17, 15) is 13.2 Å². The lowest BCUT2D eigenvalue weighted by Gasteiger charge is -2.27. The zero-order valence-corrected chi connectivity index (χ0v) is 14.2. The number of carbonyl (C=O) groups is 1. The van der Waals surface area contributed by atoms with Crippen molar-refractivity contribution >= 4 is 27.5 Å². The molecule has 7 heteroatoms. The van der Waals surface area contributed by atoms with Gasteiger partial charge >= 0.3 is 6.03 Å². The molecule has 1 N–H and O–H groups in total. The van der Waals surface area contributed by atoms with Gasteiger partial charge in [0.25, 0.3) is 0 Å². The third-order valence-corrected chi connectivity index (χ3v) is 5.86. The van der Waals surface area contributed by atoms with E-state index in [0.717, 1.165) is 5.56 Å². The van der Waals surface area contributed by atoms with Crippen LogP contribution < -0.4 is 5.32 Å². The third-order valence-electron chi connectivity index (χ3n) is 3.85. The molecule has 122 valence electrons. The second-order valence-corrected chi connectivity index (χ2v) is 8.12. The standard InChI is InChI=1S/C15H21ClN2O3S/c1-2-18(14-8-10-22(20,21)11-14)15(19)17-9-7-12-3-5-13(16)6-4-12/h3-6,14H,2,7-11H2,1H3,(H,17,19). The average molecular weight is 345 g/mol. The van der Waals surface area contributed by atoms with E-state index in [2.05, 4.69) is 5.32 Å². The van der Waals surface area contributed by atoms with Crippen molar-refractivity contribution in [3.8, 4) is 0 Å². The van der Waals surface area contributed by atoms with Crippen LogP contribution in [0.15, 0.2) is 24.3 Å². The first kappa shape index (κ1) is 17.1. The minimum Gasteiger partial charge on any atom is -0.338 e. The maximum Gasteiger partial charge on any atom is 0.317 e. The number of rotatable bonds is 5. The Hall–Kier alpha value is -1.27. The van der Waals surface area contributed by atoms with E-state index in [4.69, 9.17) is 11.6 Å². The molecule has 1 unspecified atom stereocenters. The van der Waals surface area contributed by atoms with Crippen LogP contribution in [0.5, 0.6) is 0 Å². The molecule has 5 nitrogen and oxygen atoms in total. The Labute approximate surface area is 136 Å². The summed E-state index contributed by atoms with van der Waals surface area (Å²) in [7, 11) is -2.99. The van der Waals surface area contributed by atoms with Crippen LogP contribution >= 0.6 is 11.6 Å². The molecule has 1 aliphatic rings. The largest absolute Gasteiger partial charge is 0.338 e. The van der Waals surface area contributed by atoms with Crippen molar-refractivity contribution in [3.63, 3.8) is 0 Å². The average Bonchev–Trinajstić information content (AvgIpc) is 2.82. The number of sulfone groups is 1. The fourth-order valence-electron chi connectivity index (χ4n) is 2.66. The van der Waals surface area contributed by atoms with Crippen molar-refractivity contribution in [1.29, 1.82) is 0 Å². The number of hydrogen-bond acceptors (Lipinski definition) is 3. The van der Waals surface area contributed by atoms with Gasteiger partial charge in [-0.2, -0.15) is 0 Å². The number of halogens is 1. The highest BCUT2D eigenvalue weighted by Crippen LogP contribution is 2.17. The zero-order chi connectivity index (χ0) is 16.2. The molecule has 22 heavy (non-hydrogen) atoms. The molecule has 1 aromatic rings. The van der Waals surface area contributed by atoms with Crippen LogP contribution in [-0.4, -0.2) is 50.0 Å². The summed E-state index contributed by atoms with van der Waals surface area (Å²) in [5.41, 5.74) is 1.09. The van der Waals surface area contributed by atoms with Crippen LogP contribution in [0.25, 0.3) is 0 Å². The maximum absolute atomic E-state index is 12.2. The fourth-order valence-corrected chi connectivity index (χ4v) is 4.51. The van der Waals surface area contributed by atoms with Crippen LogP contribution in [0.4, 0.5) is 4.79 Å². The van der Waals surface area contributed by atoms with Crippen LogP contribution in [0.1, 0.15) is 18.9 Å². The predicted molar refractivity (Wildman–Crippen MR) is 88.0 cm³/mol. The highest BCUT2D eigenvalue weighted by molar-refractivity contribution is 7.91. The number of hydrogen-bond donors (Lipinski definition) is 1. The van der Waals surface area contributed by atoms with Crippen molar-refractivity contribution in [2.75, 3.05) is 24.6 Å². The summed E-state index contributed by atoms with van der Waals surface area (Å²) in [4.78, 5) is 13.8. The van der Waals surface area contributed by atoms with Crippen molar-refractivity contribution in [2.45, 2.75) is 25.8 Å². The number of benzene rings is 1. The van der Waals surface area contributed by atoms with Crippen LogP contribution in [0, 0.1) is 0 Å². The van der Waals surface area contributed by atoms with Gasteiger partial charge in [-0.25, -0.2) is 13.2 Å². The molecule has 0 spiro atoms. The van der Waals surface area contributed by atoms with Crippen LogP contribution in [-0.2, 0) is 16.3 Å². The Morgan fingerprint density at radius 3 is 2.59 bits per heavy atom. The van der Waals surface area contributed by atoms with Gasteiger partial charge in [0.15, 0.2) is 9.84 Å². The molecular weight excluding hydrogens is 324 g/mol. The lowest BCUT2D eigenvalue weighted by Crippen LogP contribution is -2.47. The van der Waals surface area contributed by atoms with E-state index in [1.165, 1.54) is 0 Å². The molecule has 0 radical (unpaired) electrons. The Balaban J connectivity index is 1.83. The highest BCUT2D eigenvalue weighted by atomic mass is 35.5. The zero-order valence-electron chi connectivity index (χ0n) is 12.6. The van der Waals surface area contributed by atoms with Gasteiger partial charge in [-0.1, -0.05) is 23.7 Å². The van der Waals surface area contributed by atoms with Crippen molar-refractivity contribution in [1.82, 2.24) is 10.2 Å². The third kappa shape index (κ3) is 4.61. The Morgan fingerprint density at radius 2 is 2.05 bits per heavy atom. The van der Waals surface area contributed by atoms with Crippen LogP contribution in [0.3, 0.4) is 0 Å². The molecule has 1 atom stereocenters. The summed E-state index contributed by atoms with van der Waals surface area (Å²) in [6, 6.07) is 7.09. The SMILES string of the molecule is CCN(C(=O)NCCc1ccc(Cl)cc1)C1CCS(=O)(=O)C1. The first-order valence-electron chi connectivity index (χ1n) is 7.40. The Morgan fingerprint density at radius 1 is 1.36 bits per heavy atom. The summed E-state index contributed by atoms with van der Waals surface area (Å²) in [5.74, 6) is 0.248. The van der Waals surface area contributed by atoms with Gasteiger partial charge in [-0.3, -0.25) is 0 Å². The Kier molecular flexibility index (Phi) is 5.69. The van der Waals surface area contributed by atoms with Gasteiger partial charge in [-0.15, -0.1) is 0 Å². The molecule has 1 heterocycles. The van der Waals surface area contributed by atoms with E-state index in [0.29, 0.717) is 31.0 Å². The van der Waals surface area contributed by atoms with E-state index < -0.39 is 9.84 Å². The van der Waals surface area contributed by atoms with Crippen LogP contribution in [0.2, 0.25) is 5.02 Å². The van der Waals surface area contributed by atoms with Gasteiger partial charge < -0.3 is 10.2 Å². The molecule has 0 bridgehead atoms. The molecule has 1 saturated heterocycles. The first-order chi connectivity index (χ1) is 10.4. The van der Waals surface area contributed by atoms with Gasteiger partial charge in [0, 0.05) is 24.2 Å². The minimum absolute atomic E-state index is 0.0748.